The van der Waals surface area contributed by atoms with Gasteiger partial charge in [0, 0.05) is 5.69 Å². The van der Waals surface area contributed by atoms with E-state index in [4.69, 9.17) is 16.3 Å². The summed E-state index contributed by atoms with van der Waals surface area (Å²) in [6.07, 6.45) is 0. The number of ether oxygens (including phenoxy) is 1. The maximum atomic E-state index is 13.0. The number of hydrogen-bond donors (Lipinski definition) is 1. The molecule has 2 atom stereocenters. The normalized spacial score (nSPS) is 20.0. The average molecular weight is 428 g/mol. The van der Waals surface area contributed by atoms with Crippen LogP contribution in [0.2, 0.25) is 5.02 Å². The van der Waals surface area contributed by atoms with Gasteiger partial charge in [-0.2, -0.15) is 5.11 Å². The van der Waals surface area contributed by atoms with Gasteiger partial charge in [0.25, 0.3) is 11.8 Å². The maximum absolute atomic E-state index is 13.0. The third-order valence-corrected chi connectivity index (χ3v) is 5.19. The molecular formula is C20H18ClN5O4. The van der Waals surface area contributed by atoms with Crippen molar-refractivity contribution in [2.75, 3.05) is 23.9 Å². The highest BCUT2D eigenvalue weighted by Crippen LogP contribution is 2.35. The summed E-state index contributed by atoms with van der Waals surface area (Å²) < 4.78 is 5.10. The number of fused-ring (bicyclic) bond motifs is 1. The fourth-order valence-corrected chi connectivity index (χ4v) is 3.64. The van der Waals surface area contributed by atoms with Crippen molar-refractivity contribution in [1.82, 2.24) is 5.01 Å². The zero-order valence-corrected chi connectivity index (χ0v) is 17.0. The van der Waals surface area contributed by atoms with Crippen molar-refractivity contribution in [3.8, 4) is 5.75 Å². The average Bonchev–Trinajstić information content (AvgIpc) is 3.23. The van der Waals surface area contributed by atoms with E-state index in [1.165, 1.54) is 18.2 Å². The fraction of sp³-hybridized carbons (Fsp3) is 0.250. The van der Waals surface area contributed by atoms with Crippen molar-refractivity contribution in [2.24, 2.45) is 10.3 Å². The van der Waals surface area contributed by atoms with Gasteiger partial charge in [0.15, 0.2) is 12.1 Å². The van der Waals surface area contributed by atoms with Crippen LogP contribution in [0.4, 0.5) is 11.4 Å². The second kappa shape index (κ2) is 7.75. The Labute approximate surface area is 177 Å². The second-order valence-electron chi connectivity index (χ2n) is 6.94. The lowest BCUT2D eigenvalue weighted by molar-refractivity contribution is -0.123. The van der Waals surface area contributed by atoms with Crippen LogP contribution in [0.1, 0.15) is 5.56 Å². The molecule has 0 spiro atoms. The number of halogens is 1. The molecule has 1 saturated heterocycles. The number of rotatable bonds is 5. The van der Waals surface area contributed by atoms with Gasteiger partial charge >= 0.3 is 0 Å². The number of aryl methyl sites for hydroxylation is 1. The number of methoxy groups -OCH3 is 1. The number of benzene rings is 2. The Kier molecular flexibility index (Phi) is 5.13. The Bertz CT molecular complexity index is 1060. The van der Waals surface area contributed by atoms with Crippen molar-refractivity contribution in [2.45, 2.75) is 19.0 Å². The van der Waals surface area contributed by atoms with Gasteiger partial charge in [-0.3, -0.25) is 19.4 Å². The topological polar surface area (TPSA) is 104 Å². The van der Waals surface area contributed by atoms with E-state index in [1.807, 2.05) is 19.1 Å². The number of imide groups is 1. The number of nitrogens with zero attached hydrogens (tertiary/aromatic N) is 4. The van der Waals surface area contributed by atoms with E-state index < -0.39 is 23.9 Å². The molecule has 0 aromatic heterocycles. The SMILES string of the molecule is COc1ccc(N2C(=O)[C@@H]3N=NN(CC(=O)Nc4ccc(C)cc4)[C@H]3C2=O)cc1Cl. The molecule has 4 rings (SSSR count). The lowest BCUT2D eigenvalue weighted by Gasteiger charge is -2.20. The van der Waals surface area contributed by atoms with Crippen LogP contribution in [-0.4, -0.2) is 48.5 Å². The van der Waals surface area contributed by atoms with Gasteiger partial charge in [-0.25, -0.2) is 4.90 Å². The van der Waals surface area contributed by atoms with Gasteiger partial charge in [-0.1, -0.05) is 34.5 Å². The largest absolute Gasteiger partial charge is 0.495 e. The van der Waals surface area contributed by atoms with Crippen LogP contribution in [0.5, 0.6) is 5.75 Å². The number of anilines is 2. The molecule has 9 nitrogen and oxygen atoms in total. The Balaban J connectivity index is 1.49. The van der Waals surface area contributed by atoms with Gasteiger partial charge in [0.1, 0.15) is 12.3 Å². The molecule has 2 aromatic carbocycles. The van der Waals surface area contributed by atoms with Crippen molar-refractivity contribution >= 4 is 40.7 Å². The predicted molar refractivity (Wildman–Crippen MR) is 109 cm³/mol. The Morgan fingerprint density at radius 2 is 1.90 bits per heavy atom. The van der Waals surface area contributed by atoms with Crippen LogP contribution in [-0.2, 0) is 14.4 Å². The second-order valence-corrected chi connectivity index (χ2v) is 7.34. The van der Waals surface area contributed by atoms with Crippen molar-refractivity contribution in [3.05, 3.63) is 53.1 Å². The Morgan fingerprint density at radius 3 is 2.57 bits per heavy atom. The predicted octanol–water partition coefficient (Wildman–Crippen LogP) is 2.59. The smallest absolute Gasteiger partial charge is 0.263 e. The minimum atomic E-state index is -0.995. The standard InChI is InChI=1S/C20H18ClN5O4/c1-11-3-5-12(6-4-11)22-16(27)10-25-18-17(23-24-25)19(28)26(20(18)29)13-7-8-15(30-2)14(21)9-13/h3-9,17-18H,10H2,1-2H3,(H,22,27)/t17-,18-/m1/s1. The number of amides is 3. The van der Waals surface area contributed by atoms with Crippen LogP contribution < -0.4 is 15.0 Å². The van der Waals surface area contributed by atoms with Crippen LogP contribution >= 0.6 is 11.6 Å². The molecule has 0 saturated carbocycles. The van der Waals surface area contributed by atoms with Gasteiger partial charge in [-0.05, 0) is 37.3 Å². The lowest BCUT2D eigenvalue weighted by atomic mass is 10.1. The third kappa shape index (κ3) is 3.48. The molecule has 1 fully saturated rings. The molecule has 154 valence electrons. The first-order chi connectivity index (χ1) is 14.4. The van der Waals surface area contributed by atoms with E-state index in [-0.39, 0.29) is 17.5 Å². The number of carbonyl (C=O) groups excluding carboxylic acids is 3. The van der Waals surface area contributed by atoms with Gasteiger partial charge in [0.2, 0.25) is 5.91 Å². The van der Waals surface area contributed by atoms with E-state index in [0.717, 1.165) is 10.5 Å². The van der Waals surface area contributed by atoms with E-state index in [1.54, 1.807) is 24.3 Å². The fourth-order valence-electron chi connectivity index (χ4n) is 3.39. The van der Waals surface area contributed by atoms with E-state index in [2.05, 4.69) is 15.7 Å². The minimum Gasteiger partial charge on any atom is -0.495 e. The maximum Gasteiger partial charge on any atom is 0.263 e. The van der Waals surface area contributed by atoms with E-state index in [0.29, 0.717) is 17.1 Å². The molecular weight excluding hydrogens is 410 g/mol. The Hall–Kier alpha value is -3.46. The summed E-state index contributed by atoms with van der Waals surface area (Å²) in [6.45, 7) is 1.73. The third-order valence-electron chi connectivity index (χ3n) is 4.89. The highest BCUT2D eigenvalue weighted by Gasteiger charge is 2.55. The first-order valence-corrected chi connectivity index (χ1v) is 9.52. The van der Waals surface area contributed by atoms with Crippen LogP contribution in [0, 0.1) is 6.92 Å². The highest BCUT2D eigenvalue weighted by molar-refractivity contribution is 6.33. The molecule has 30 heavy (non-hydrogen) atoms. The molecule has 0 bridgehead atoms. The zero-order valence-electron chi connectivity index (χ0n) is 16.2. The first-order valence-electron chi connectivity index (χ1n) is 9.14. The van der Waals surface area contributed by atoms with Crippen LogP contribution in [0.3, 0.4) is 0 Å². The summed E-state index contributed by atoms with van der Waals surface area (Å²) in [7, 11) is 1.47. The summed E-state index contributed by atoms with van der Waals surface area (Å²) >= 11 is 6.13. The number of hydrogen-bond acceptors (Lipinski definition) is 7. The molecule has 2 aliphatic rings. The van der Waals surface area contributed by atoms with Crippen molar-refractivity contribution in [3.63, 3.8) is 0 Å². The van der Waals surface area contributed by atoms with Gasteiger partial charge in [-0.15, -0.1) is 0 Å². The lowest BCUT2D eigenvalue weighted by Crippen LogP contribution is -2.43. The number of nitrogens with one attached hydrogen (secondary N) is 1. The van der Waals surface area contributed by atoms with Crippen molar-refractivity contribution in [1.29, 1.82) is 0 Å². The summed E-state index contributed by atoms with van der Waals surface area (Å²) in [5.41, 5.74) is 2.00. The minimum absolute atomic E-state index is 0.214. The molecule has 3 amide bonds. The van der Waals surface area contributed by atoms with Gasteiger partial charge < -0.3 is 10.1 Å². The summed E-state index contributed by atoms with van der Waals surface area (Å²) in [6, 6.07) is 9.95. The summed E-state index contributed by atoms with van der Waals surface area (Å²) in [5.74, 6) is -0.978. The summed E-state index contributed by atoms with van der Waals surface area (Å²) in [5, 5.41) is 12.0. The van der Waals surface area contributed by atoms with Gasteiger partial charge in [0.05, 0.1) is 17.8 Å². The van der Waals surface area contributed by atoms with Crippen LogP contribution in [0.15, 0.2) is 52.8 Å². The van der Waals surface area contributed by atoms with Crippen LogP contribution in [0.25, 0.3) is 0 Å². The molecule has 0 unspecified atom stereocenters. The highest BCUT2D eigenvalue weighted by atomic mass is 35.5. The molecule has 2 aliphatic heterocycles. The van der Waals surface area contributed by atoms with E-state index in [9.17, 15) is 14.4 Å². The molecule has 0 aliphatic carbocycles. The molecule has 0 radical (unpaired) electrons. The summed E-state index contributed by atoms with van der Waals surface area (Å²) in [4.78, 5) is 39.2. The molecule has 1 N–H and O–H groups in total. The monoisotopic (exact) mass is 427 g/mol. The quantitative estimate of drug-likeness (QED) is 0.738. The first kappa shape index (κ1) is 19.8. The molecule has 2 heterocycles. The zero-order chi connectivity index (χ0) is 21.4. The van der Waals surface area contributed by atoms with E-state index >= 15 is 0 Å². The molecule has 10 heteroatoms. The number of carbonyl (C=O) groups is 3. The Morgan fingerprint density at radius 1 is 1.17 bits per heavy atom. The molecule has 2 aromatic rings. The van der Waals surface area contributed by atoms with Crippen molar-refractivity contribution < 1.29 is 19.1 Å².